The van der Waals surface area contributed by atoms with Crippen molar-refractivity contribution in [1.82, 2.24) is 24.0 Å². The number of aryl methyl sites for hydroxylation is 1. The smallest absolute Gasteiger partial charge is 0.272 e. The third-order valence-electron chi connectivity index (χ3n) is 8.69. The van der Waals surface area contributed by atoms with Crippen molar-refractivity contribution >= 4 is 33.3 Å². The first kappa shape index (κ1) is 32.3. The first-order valence-electron chi connectivity index (χ1n) is 15.0. The number of ether oxygens (including phenoxy) is 1. The summed E-state index contributed by atoms with van der Waals surface area (Å²) in [6.07, 6.45) is 3.40. The highest BCUT2D eigenvalue weighted by atomic mass is 32.2. The van der Waals surface area contributed by atoms with Gasteiger partial charge in [-0.05, 0) is 70.1 Å². The molecule has 0 unspecified atom stereocenters. The van der Waals surface area contributed by atoms with E-state index in [2.05, 4.69) is 32.8 Å². The van der Waals surface area contributed by atoms with E-state index in [1.54, 1.807) is 62.0 Å². The van der Waals surface area contributed by atoms with E-state index < -0.39 is 43.9 Å². The van der Waals surface area contributed by atoms with E-state index in [1.807, 2.05) is 0 Å². The molecule has 47 heavy (non-hydrogen) atoms. The van der Waals surface area contributed by atoms with Crippen molar-refractivity contribution in [3.63, 3.8) is 0 Å². The zero-order chi connectivity index (χ0) is 33.7. The Labute approximate surface area is 270 Å². The quantitative estimate of drug-likeness (QED) is 0.252. The van der Waals surface area contributed by atoms with Crippen molar-refractivity contribution in [1.29, 1.82) is 0 Å². The zero-order valence-corrected chi connectivity index (χ0v) is 27.1. The third kappa shape index (κ3) is 6.25. The molecule has 4 heterocycles. The van der Waals surface area contributed by atoms with Crippen molar-refractivity contribution in [3.8, 4) is 5.75 Å². The highest BCUT2D eigenvalue weighted by Gasteiger charge is 2.48. The molecule has 248 valence electrons. The molecule has 1 fully saturated rings. The van der Waals surface area contributed by atoms with E-state index in [4.69, 9.17) is 4.74 Å². The molecule has 1 saturated heterocycles. The highest BCUT2D eigenvalue weighted by molar-refractivity contribution is 7.89. The maximum atomic E-state index is 14.0. The number of rotatable bonds is 8. The van der Waals surface area contributed by atoms with Gasteiger partial charge in [0, 0.05) is 50.6 Å². The van der Waals surface area contributed by atoms with Crippen LogP contribution >= 0.6 is 0 Å². The molecule has 2 amide bonds. The van der Waals surface area contributed by atoms with Gasteiger partial charge >= 0.3 is 0 Å². The number of carbonyl (C=O) groups is 2. The van der Waals surface area contributed by atoms with Crippen LogP contribution in [0.2, 0.25) is 0 Å². The van der Waals surface area contributed by atoms with Crippen molar-refractivity contribution in [2.45, 2.75) is 49.8 Å². The van der Waals surface area contributed by atoms with Gasteiger partial charge in [-0.3, -0.25) is 14.7 Å². The number of H-pyrrole nitrogens is 1. The van der Waals surface area contributed by atoms with Crippen LogP contribution in [-0.2, 0) is 29.2 Å². The fourth-order valence-electron chi connectivity index (χ4n) is 6.04. The number of sulfonamides is 1. The second-order valence-corrected chi connectivity index (χ2v) is 14.2. The van der Waals surface area contributed by atoms with Crippen molar-refractivity contribution in [2.75, 3.05) is 30.8 Å². The normalized spacial score (nSPS) is 17.0. The number of nitrogens with one attached hydrogen (secondary N) is 3. The summed E-state index contributed by atoms with van der Waals surface area (Å²) in [5.74, 6) is -2.51. The van der Waals surface area contributed by atoms with Crippen LogP contribution in [0.25, 0.3) is 0 Å². The van der Waals surface area contributed by atoms with Gasteiger partial charge in [-0.1, -0.05) is 0 Å². The number of aromatic nitrogens is 3. The van der Waals surface area contributed by atoms with Crippen LogP contribution in [0.15, 0.2) is 59.6 Å². The van der Waals surface area contributed by atoms with E-state index in [9.17, 15) is 26.8 Å². The van der Waals surface area contributed by atoms with Crippen molar-refractivity contribution < 1.29 is 31.5 Å². The molecule has 0 atom stereocenters. The Morgan fingerprint density at radius 2 is 1.70 bits per heavy atom. The minimum Gasteiger partial charge on any atom is -0.490 e. The highest BCUT2D eigenvalue weighted by Crippen LogP contribution is 2.44. The topological polar surface area (TPSA) is 142 Å². The summed E-state index contributed by atoms with van der Waals surface area (Å²) in [6.45, 7) is 4.80. The van der Waals surface area contributed by atoms with E-state index in [0.29, 0.717) is 28.8 Å². The molecule has 2 aromatic heterocycles. The van der Waals surface area contributed by atoms with Gasteiger partial charge in [0.1, 0.15) is 29.2 Å². The molecule has 4 aromatic rings. The van der Waals surface area contributed by atoms with Crippen LogP contribution in [0.3, 0.4) is 0 Å². The molecule has 3 N–H and O–H groups in total. The van der Waals surface area contributed by atoms with E-state index in [1.165, 1.54) is 0 Å². The molecule has 0 radical (unpaired) electrons. The molecular formula is C32H35F2N7O5S. The minimum atomic E-state index is -4.37. The molecule has 0 aliphatic carbocycles. The van der Waals surface area contributed by atoms with Crippen LogP contribution in [0.5, 0.6) is 5.75 Å². The first-order chi connectivity index (χ1) is 22.2. The zero-order valence-electron chi connectivity index (χ0n) is 26.3. The van der Waals surface area contributed by atoms with Gasteiger partial charge in [0.05, 0.1) is 27.4 Å². The number of carbonyl (C=O) groups excluding carboxylic acids is 2. The van der Waals surface area contributed by atoms with Gasteiger partial charge in [0.25, 0.3) is 11.8 Å². The number of hydrogen-bond acceptors (Lipinski definition) is 7. The Morgan fingerprint density at radius 3 is 2.36 bits per heavy atom. The SMILES string of the molecule is CN1CCC(Oc2ccc(C(=O)Nc3n[nH]c4c3CN(S(=O)(=O)c3cc(F)cc(F)c3)C4(C)C)c(NC(=O)c3cccn3C)c2)CC1. The lowest BCUT2D eigenvalue weighted by atomic mass is 10.0. The molecule has 6 rings (SSSR count). The summed E-state index contributed by atoms with van der Waals surface area (Å²) in [5.41, 5.74) is 0.312. The fraction of sp³-hybridized carbons (Fsp3) is 0.344. The maximum Gasteiger partial charge on any atom is 0.272 e. The number of aromatic amines is 1. The summed E-state index contributed by atoms with van der Waals surface area (Å²) >= 11 is 0. The standard InChI is InChI=1S/C32H35F2N7O5S/c1-32(2)28-25(18-41(32)47(44,45)23-15-19(33)14-20(34)16-23)29(38-37-28)36-30(42)24-8-7-22(46-21-9-12-39(3)13-10-21)17-26(24)35-31(43)27-6-5-11-40(27)4/h5-8,11,14-17,21H,9-10,12-13,18H2,1-4H3,(H,35,43)(H2,36,37,38,42). The lowest BCUT2D eigenvalue weighted by Crippen LogP contribution is -2.40. The van der Waals surface area contributed by atoms with Crippen LogP contribution in [0.4, 0.5) is 20.3 Å². The Morgan fingerprint density at radius 1 is 1.00 bits per heavy atom. The lowest BCUT2D eigenvalue weighted by molar-refractivity contribution is 0.101. The van der Waals surface area contributed by atoms with Crippen molar-refractivity contribution in [3.05, 3.63) is 88.9 Å². The molecular weight excluding hydrogens is 632 g/mol. The molecule has 2 aliphatic rings. The maximum absolute atomic E-state index is 14.0. The predicted octanol–water partition coefficient (Wildman–Crippen LogP) is 4.44. The predicted molar refractivity (Wildman–Crippen MR) is 170 cm³/mol. The van der Waals surface area contributed by atoms with Gasteiger partial charge in [0.15, 0.2) is 5.82 Å². The van der Waals surface area contributed by atoms with Crippen LogP contribution < -0.4 is 15.4 Å². The number of likely N-dealkylation sites (tertiary alicyclic amines) is 1. The number of nitrogens with zero attached hydrogens (tertiary/aromatic N) is 4. The number of amides is 2. The summed E-state index contributed by atoms with van der Waals surface area (Å²) in [7, 11) is -0.579. The van der Waals surface area contributed by atoms with Crippen molar-refractivity contribution in [2.24, 2.45) is 7.05 Å². The summed E-state index contributed by atoms with van der Waals surface area (Å²) in [6, 6.07) is 10.3. The Hall–Kier alpha value is -4.60. The molecule has 2 aromatic carbocycles. The number of halogens is 2. The number of benzene rings is 2. The fourth-order valence-corrected chi connectivity index (χ4v) is 7.80. The summed E-state index contributed by atoms with van der Waals surface area (Å²) in [4.78, 5) is 28.7. The summed E-state index contributed by atoms with van der Waals surface area (Å²) < 4.78 is 64.0. The molecule has 2 aliphatic heterocycles. The van der Waals surface area contributed by atoms with Crippen LogP contribution in [0, 0.1) is 11.6 Å². The minimum absolute atomic E-state index is 0.0135. The average molecular weight is 668 g/mol. The number of fused-ring (bicyclic) bond motifs is 1. The second-order valence-electron chi connectivity index (χ2n) is 12.3. The van der Waals surface area contributed by atoms with E-state index in [0.717, 1.165) is 42.4 Å². The second kappa shape index (κ2) is 12.2. The Bertz CT molecular complexity index is 1950. The Balaban J connectivity index is 1.27. The number of hydrogen-bond donors (Lipinski definition) is 3. The monoisotopic (exact) mass is 667 g/mol. The van der Waals surface area contributed by atoms with Gasteiger partial charge in [-0.15, -0.1) is 0 Å². The molecule has 0 saturated carbocycles. The molecule has 0 spiro atoms. The van der Waals surface area contributed by atoms with Gasteiger partial charge in [0.2, 0.25) is 10.0 Å². The van der Waals surface area contributed by atoms with Gasteiger partial charge in [-0.25, -0.2) is 17.2 Å². The Kier molecular flexibility index (Phi) is 8.40. The van der Waals surface area contributed by atoms with Crippen LogP contribution in [0.1, 0.15) is 58.8 Å². The lowest BCUT2D eigenvalue weighted by Gasteiger charge is -2.30. The average Bonchev–Trinajstić information content (AvgIpc) is 3.69. The largest absolute Gasteiger partial charge is 0.490 e. The van der Waals surface area contributed by atoms with Gasteiger partial charge < -0.3 is 24.8 Å². The third-order valence-corrected chi connectivity index (χ3v) is 10.7. The molecule has 0 bridgehead atoms. The van der Waals surface area contributed by atoms with Gasteiger partial charge in [-0.2, -0.15) is 9.40 Å². The van der Waals surface area contributed by atoms with E-state index >= 15 is 0 Å². The summed E-state index contributed by atoms with van der Waals surface area (Å²) in [5, 5.41) is 12.6. The molecule has 15 heteroatoms. The van der Waals surface area contributed by atoms with E-state index in [-0.39, 0.29) is 29.7 Å². The first-order valence-corrected chi connectivity index (χ1v) is 16.5. The van der Waals surface area contributed by atoms with Crippen LogP contribution in [-0.4, -0.2) is 70.4 Å². The number of piperidine rings is 1. The molecule has 12 nitrogen and oxygen atoms in total. The number of anilines is 2.